The first-order valence-corrected chi connectivity index (χ1v) is 8.35. The van der Waals surface area contributed by atoms with Crippen LogP contribution >= 0.6 is 11.6 Å². The van der Waals surface area contributed by atoms with Crippen LogP contribution in [0.5, 0.6) is 0 Å². The molecule has 0 spiro atoms. The van der Waals surface area contributed by atoms with Crippen LogP contribution in [0.2, 0.25) is 5.02 Å². The molecule has 1 amide bonds. The average molecular weight is 324 g/mol. The second kappa shape index (κ2) is 8.33. The zero-order chi connectivity index (χ0) is 16.8. The molecule has 122 valence electrons. The lowest BCUT2D eigenvalue weighted by atomic mass is 9.84. The minimum Gasteiger partial charge on any atom is -0.326 e. The molecular formula is C18H26ClNO2. The summed E-state index contributed by atoms with van der Waals surface area (Å²) in [5, 5.41) is 0.666. The smallest absolute Gasteiger partial charge is 0.223 e. The monoisotopic (exact) mass is 323 g/mol. The Morgan fingerprint density at radius 3 is 2.14 bits per heavy atom. The van der Waals surface area contributed by atoms with Crippen LogP contribution in [-0.4, -0.2) is 22.1 Å². The van der Waals surface area contributed by atoms with E-state index in [1.807, 2.05) is 45.0 Å². The molecule has 1 aromatic rings. The van der Waals surface area contributed by atoms with Crippen LogP contribution in [0.3, 0.4) is 0 Å². The van der Waals surface area contributed by atoms with Gasteiger partial charge >= 0.3 is 0 Å². The van der Waals surface area contributed by atoms with Crippen LogP contribution in [0.4, 0.5) is 0 Å². The molecule has 1 atom stereocenters. The van der Waals surface area contributed by atoms with E-state index in [-0.39, 0.29) is 11.7 Å². The van der Waals surface area contributed by atoms with Crippen molar-refractivity contribution in [3.8, 4) is 0 Å². The Morgan fingerprint density at radius 2 is 1.73 bits per heavy atom. The van der Waals surface area contributed by atoms with Crippen molar-refractivity contribution >= 4 is 23.3 Å². The lowest BCUT2D eigenvalue weighted by Gasteiger charge is -2.42. The number of hydrogen-bond acceptors (Lipinski definition) is 2. The van der Waals surface area contributed by atoms with Crippen LogP contribution in [0, 0.1) is 0 Å². The van der Waals surface area contributed by atoms with Crippen molar-refractivity contribution in [2.45, 2.75) is 65.5 Å². The first kappa shape index (κ1) is 18.7. The number of carbonyl (C=O) groups is 2. The summed E-state index contributed by atoms with van der Waals surface area (Å²) in [6.45, 7) is 7.90. The molecule has 1 aromatic carbocycles. The highest BCUT2D eigenvalue weighted by molar-refractivity contribution is 6.30. The van der Waals surface area contributed by atoms with Crippen LogP contribution in [0.25, 0.3) is 0 Å². The molecule has 0 aliphatic rings. The fourth-order valence-electron chi connectivity index (χ4n) is 2.97. The molecule has 22 heavy (non-hydrogen) atoms. The van der Waals surface area contributed by atoms with Gasteiger partial charge < -0.3 is 4.90 Å². The van der Waals surface area contributed by atoms with Gasteiger partial charge in [-0.05, 0) is 37.5 Å². The first-order valence-electron chi connectivity index (χ1n) is 7.97. The number of nitrogens with zero attached hydrogens (tertiary/aromatic N) is 1. The van der Waals surface area contributed by atoms with E-state index in [1.165, 1.54) is 0 Å². The molecule has 0 fully saturated rings. The summed E-state index contributed by atoms with van der Waals surface area (Å²) in [4.78, 5) is 26.7. The lowest BCUT2D eigenvalue weighted by Crippen LogP contribution is -2.55. The third kappa shape index (κ3) is 4.10. The van der Waals surface area contributed by atoms with E-state index in [9.17, 15) is 9.59 Å². The van der Waals surface area contributed by atoms with Crippen molar-refractivity contribution in [1.82, 2.24) is 4.90 Å². The highest BCUT2D eigenvalue weighted by Crippen LogP contribution is 2.30. The number of carbonyl (C=O) groups excluding carboxylic acids is 2. The number of amides is 1. The van der Waals surface area contributed by atoms with Crippen LogP contribution in [0.1, 0.15) is 58.9 Å². The second-order valence-electron chi connectivity index (χ2n) is 5.65. The summed E-state index contributed by atoms with van der Waals surface area (Å²) in [5.41, 5.74) is 0.281. The van der Waals surface area contributed by atoms with Gasteiger partial charge in [0.05, 0.1) is 0 Å². The van der Waals surface area contributed by atoms with Gasteiger partial charge in [-0.1, -0.05) is 50.9 Å². The van der Waals surface area contributed by atoms with Gasteiger partial charge in [-0.2, -0.15) is 0 Å². The molecule has 4 heteroatoms. The number of rotatable bonds is 8. The summed E-state index contributed by atoms with van der Waals surface area (Å²) in [5.74, 6) is 0.0769. The van der Waals surface area contributed by atoms with Gasteiger partial charge in [-0.25, -0.2) is 0 Å². The lowest BCUT2D eigenvalue weighted by molar-refractivity contribution is -0.147. The van der Waals surface area contributed by atoms with Crippen molar-refractivity contribution in [1.29, 1.82) is 0 Å². The van der Waals surface area contributed by atoms with Gasteiger partial charge in [-0.3, -0.25) is 9.59 Å². The van der Waals surface area contributed by atoms with Gasteiger partial charge in [0.2, 0.25) is 5.91 Å². The van der Waals surface area contributed by atoms with Crippen molar-refractivity contribution in [2.75, 3.05) is 0 Å². The largest absolute Gasteiger partial charge is 0.326 e. The fraction of sp³-hybridized carbons (Fsp3) is 0.556. The quantitative estimate of drug-likeness (QED) is 0.700. The zero-order valence-electron chi connectivity index (χ0n) is 14.0. The highest BCUT2D eigenvalue weighted by Gasteiger charge is 2.41. The molecule has 0 heterocycles. The van der Waals surface area contributed by atoms with E-state index in [0.29, 0.717) is 30.8 Å². The number of halogens is 1. The predicted molar refractivity (Wildman–Crippen MR) is 90.9 cm³/mol. The zero-order valence-corrected chi connectivity index (χ0v) is 14.7. The van der Waals surface area contributed by atoms with E-state index in [2.05, 4.69) is 0 Å². The molecule has 0 saturated carbocycles. The van der Waals surface area contributed by atoms with Crippen molar-refractivity contribution in [2.24, 2.45) is 0 Å². The highest BCUT2D eigenvalue weighted by atomic mass is 35.5. The first-order chi connectivity index (χ1) is 10.4. The van der Waals surface area contributed by atoms with Crippen LogP contribution in [-0.2, 0) is 16.1 Å². The average Bonchev–Trinajstić information content (AvgIpc) is 2.51. The molecule has 0 aromatic heterocycles. The Bertz CT molecular complexity index is 512. The number of hydrogen-bond donors (Lipinski definition) is 0. The minimum atomic E-state index is -0.707. The van der Waals surface area contributed by atoms with Gasteiger partial charge in [0, 0.05) is 18.0 Å². The fourth-order valence-corrected chi connectivity index (χ4v) is 3.10. The topological polar surface area (TPSA) is 37.4 Å². The van der Waals surface area contributed by atoms with E-state index >= 15 is 0 Å². The molecule has 0 saturated heterocycles. The molecule has 0 N–H and O–H groups in total. The maximum atomic E-state index is 12.5. The molecule has 0 aliphatic carbocycles. The summed E-state index contributed by atoms with van der Waals surface area (Å²) < 4.78 is 0. The molecular weight excluding hydrogens is 298 g/mol. The van der Waals surface area contributed by atoms with E-state index in [1.54, 1.807) is 11.8 Å². The van der Waals surface area contributed by atoms with Gasteiger partial charge in [0.1, 0.15) is 5.54 Å². The normalized spacial score (nSPS) is 13.5. The van der Waals surface area contributed by atoms with E-state index in [4.69, 9.17) is 11.6 Å². The summed E-state index contributed by atoms with van der Waals surface area (Å²) >= 11 is 5.92. The summed E-state index contributed by atoms with van der Waals surface area (Å²) in [7, 11) is 0. The molecule has 0 bridgehead atoms. The SMILES string of the molecule is CCCC(CC)(C(C)=O)N(Cc1ccc(Cl)cc1)C(=O)CC. The Morgan fingerprint density at radius 1 is 1.14 bits per heavy atom. The molecule has 1 rings (SSSR count). The standard InChI is InChI=1S/C18H26ClNO2/c1-5-12-18(7-3,14(4)21)20(17(22)6-2)13-15-8-10-16(19)11-9-15/h8-11H,5-7,12-13H2,1-4H3. The number of ketones is 1. The van der Waals surface area contributed by atoms with Crippen molar-refractivity contribution in [3.63, 3.8) is 0 Å². The van der Waals surface area contributed by atoms with Gasteiger partial charge in [0.25, 0.3) is 0 Å². The second-order valence-corrected chi connectivity index (χ2v) is 6.09. The Hall–Kier alpha value is -1.35. The number of Topliss-reactive ketones (excluding diaryl/α,β-unsaturated/α-hetero) is 1. The van der Waals surface area contributed by atoms with Gasteiger partial charge in [-0.15, -0.1) is 0 Å². The minimum absolute atomic E-state index is 0.0143. The van der Waals surface area contributed by atoms with Crippen LogP contribution < -0.4 is 0 Å². The molecule has 0 radical (unpaired) electrons. The molecule has 3 nitrogen and oxygen atoms in total. The Kier molecular flexibility index (Phi) is 7.08. The van der Waals surface area contributed by atoms with E-state index in [0.717, 1.165) is 12.0 Å². The summed E-state index contributed by atoms with van der Waals surface area (Å²) in [6.07, 6.45) is 2.58. The number of benzene rings is 1. The van der Waals surface area contributed by atoms with Crippen LogP contribution in [0.15, 0.2) is 24.3 Å². The maximum Gasteiger partial charge on any atom is 0.223 e. The van der Waals surface area contributed by atoms with Crippen molar-refractivity contribution in [3.05, 3.63) is 34.9 Å². The summed E-state index contributed by atoms with van der Waals surface area (Å²) in [6, 6.07) is 7.44. The third-order valence-electron chi connectivity index (χ3n) is 4.28. The Labute approximate surface area is 138 Å². The Balaban J connectivity index is 3.21. The van der Waals surface area contributed by atoms with Gasteiger partial charge in [0.15, 0.2) is 5.78 Å². The third-order valence-corrected chi connectivity index (χ3v) is 4.53. The molecule has 0 aliphatic heterocycles. The maximum absolute atomic E-state index is 12.5. The van der Waals surface area contributed by atoms with E-state index < -0.39 is 5.54 Å². The molecule has 1 unspecified atom stereocenters. The van der Waals surface area contributed by atoms with Crippen molar-refractivity contribution < 1.29 is 9.59 Å². The predicted octanol–water partition coefficient (Wildman–Crippen LogP) is 4.62.